The Hall–Kier alpha value is -3.13. The molecule has 0 aliphatic carbocycles. The largest absolute Gasteiger partial charge is 0.351 e. The third-order valence-corrected chi connectivity index (χ3v) is 7.20. The molecule has 4 aromatic rings. The van der Waals surface area contributed by atoms with Crippen LogP contribution in [0.15, 0.2) is 60.8 Å². The van der Waals surface area contributed by atoms with Gasteiger partial charge in [-0.1, -0.05) is 53.5 Å². The van der Waals surface area contributed by atoms with Crippen LogP contribution >= 0.6 is 23.2 Å². The molecule has 4 heterocycles. The van der Waals surface area contributed by atoms with Crippen molar-refractivity contribution in [3.05, 3.63) is 70.8 Å². The quantitative estimate of drug-likeness (QED) is 0.482. The zero-order valence-electron chi connectivity index (χ0n) is 17.8. The standard InChI is InChI=1S/C24H20Cl2N6O/c1-30-14-28-23(33)24(30)12-31(13-24)19-10-11-27-22-20(15-6-8-16(25)9-7-15)21(29-32(19)22)17-4-2-3-5-18(17)26/h2-11H,12-14H2,1H3,(H,28,33). The van der Waals surface area contributed by atoms with Crippen molar-refractivity contribution in [3.63, 3.8) is 0 Å². The number of rotatable bonds is 3. The van der Waals surface area contributed by atoms with Crippen molar-refractivity contribution in [2.75, 3.05) is 31.7 Å². The van der Waals surface area contributed by atoms with E-state index in [1.165, 1.54) is 0 Å². The fourth-order valence-corrected chi connectivity index (χ4v) is 5.06. The minimum absolute atomic E-state index is 0.0747. The molecule has 0 bridgehead atoms. The number of aromatic nitrogens is 3. The van der Waals surface area contributed by atoms with Crippen LogP contribution in [0, 0.1) is 0 Å². The van der Waals surface area contributed by atoms with E-state index in [9.17, 15) is 4.79 Å². The lowest BCUT2D eigenvalue weighted by Crippen LogP contribution is -2.71. The molecule has 0 atom stereocenters. The number of benzene rings is 2. The fourth-order valence-electron chi connectivity index (χ4n) is 4.71. The van der Waals surface area contributed by atoms with Crippen molar-refractivity contribution in [2.24, 2.45) is 0 Å². The average molecular weight is 479 g/mol. The lowest BCUT2D eigenvalue weighted by atomic mass is 9.88. The molecule has 2 fully saturated rings. The van der Waals surface area contributed by atoms with Gasteiger partial charge in [0.05, 0.1) is 17.3 Å². The number of hydrogen-bond acceptors (Lipinski definition) is 5. The molecule has 1 amide bonds. The molecule has 1 N–H and O–H groups in total. The van der Waals surface area contributed by atoms with Gasteiger partial charge in [-0.3, -0.25) is 9.69 Å². The van der Waals surface area contributed by atoms with Crippen LogP contribution in [-0.4, -0.2) is 57.7 Å². The first-order valence-electron chi connectivity index (χ1n) is 10.6. The summed E-state index contributed by atoms with van der Waals surface area (Å²) in [4.78, 5) is 21.4. The maximum Gasteiger partial charge on any atom is 0.245 e. The predicted octanol–water partition coefficient (Wildman–Crippen LogP) is 3.95. The van der Waals surface area contributed by atoms with E-state index in [0.29, 0.717) is 29.8 Å². The van der Waals surface area contributed by atoms with Gasteiger partial charge in [-0.2, -0.15) is 9.61 Å². The summed E-state index contributed by atoms with van der Waals surface area (Å²) in [5.41, 5.74) is 3.63. The number of fused-ring (bicyclic) bond motifs is 1. The first-order valence-corrected chi connectivity index (χ1v) is 11.4. The van der Waals surface area contributed by atoms with E-state index in [1.54, 1.807) is 6.20 Å². The molecular formula is C24H20Cl2N6O. The van der Waals surface area contributed by atoms with Crippen LogP contribution in [0.4, 0.5) is 5.82 Å². The zero-order valence-corrected chi connectivity index (χ0v) is 19.3. The van der Waals surface area contributed by atoms with Crippen molar-refractivity contribution < 1.29 is 4.79 Å². The van der Waals surface area contributed by atoms with E-state index in [1.807, 2.05) is 66.2 Å². The van der Waals surface area contributed by atoms with Crippen molar-refractivity contribution in [3.8, 4) is 22.4 Å². The molecule has 9 heteroatoms. The normalized spacial score (nSPS) is 17.5. The SMILES string of the molecule is CN1CNC(=O)C12CN(c1ccnc3c(-c4ccc(Cl)cc4)c(-c4ccccc4Cl)nn13)C2. The smallest absolute Gasteiger partial charge is 0.245 e. The zero-order chi connectivity index (χ0) is 22.7. The highest BCUT2D eigenvalue weighted by molar-refractivity contribution is 6.33. The maximum atomic E-state index is 12.5. The molecule has 33 heavy (non-hydrogen) atoms. The molecule has 2 saturated heterocycles. The molecule has 0 saturated carbocycles. The molecule has 166 valence electrons. The molecule has 2 aliphatic rings. The van der Waals surface area contributed by atoms with E-state index in [-0.39, 0.29) is 5.91 Å². The summed E-state index contributed by atoms with van der Waals surface area (Å²) in [6, 6.07) is 17.2. The van der Waals surface area contributed by atoms with Gasteiger partial charge >= 0.3 is 0 Å². The van der Waals surface area contributed by atoms with Crippen LogP contribution in [0.25, 0.3) is 28.0 Å². The highest BCUT2D eigenvalue weighted by Crippen LogP contribution is 2.40. The molecule has 0 radical (unpaired) electrons. The third-order valence-electron chi connectivity index (χ3n) is 6.62. The van der Waals surface area contributed by atoms with E-state index in [0.717, 1.165) is 33.8 Å². The molecular weight excluding hydrogens is 459 g/mol. The Morgan fingerprint density at radius 3 is 2.48 bits per heavy atom. The number of carbonyl (C=O) groups is 1. The van der Waals surface area contributed by atoms with Crippen LogP contribution < -0.4 is 10.2 Å². The molecule has 0 unspecified atom stereocenters. The first kappa shape index (κ1) is 20.5. The maximum absolute atomic E-state index is 12.5. The topological polar surface area (TPSA) is 65.8 Å². The Labute approximate surface area is 200 Å². The second-order valence-corrected chi connectivity index (χ2v) is 9.34. The van der Waals surface area contributed by atoms with E-state index >= 15 is 0 Å². The van der Waals surface area contributed by atoms with Gasteiger partial charge in [-0.05, 0) is 36.9 Å². The average Bonchev–Trinajstić information content (AvgIpc) is 3.31. The lowest BCUT2D eigenvalue weighted by molar-refractivity contribution is -0.127. The molecule has 2 aromatic carbocycles. The summed E-state index contributed by atoms with van der Waals surface area (Å²) < 4.78 is 1.85. The highest BCUT2D eigenvalue weighted by Gasteiger charge is 2.56. The Kier molecular flexibility index (Phi) is 4.62. The summed E-state index contributed by atoms with van der Waals surface area (Å²) in [5.74, 6) is 0.956. The number of likely N-dealkylation sites (N-methyl/N-ethyl adjacent to an activating group) is 1. The number of anilines is 1. The Bertz CT molecular complexity index is 1390. The van der Waals surface area contributed by atoms with E-state index < -0.39 is 5.54 Å². The molecule has 6 rings (SSSR count). The van der Waals surface area contributed by atoms with Gasteiger partial charge < -0.3 is 10.2 Å². The fraction of sp³-hybridized carbons (Fsp3) is 0.208. The minimum atomic E-state index is -0.493. The summed E-state index contributed by atoms with van der Waals surface area (Å²) in [5, 5.41) is 9.19. The van der Waals surface area contributed by atoms with Crippen molar-refractivity contribution in [1.82, 2.24) is 24.8 Å². The Morgan fingerprint density at radius 2 is 1.79 bits per heavy atom. The third kappa shape index (κ3) is 3.04. The van der Waals surface area contributed by atoms with Gasteiger partial charge in [0.1, 0.15) is 17.1 Å². The van der Waals surface area contributed by atoms with Crippen LogP contribution in [0.5, 0.6) is 0 Å². The predicted molar refractivity (Wildman–Crippen MR) is 130 cm³/mol. The van der Waals surface area contributed by atoms with Crippen molar-refractivity contribution in [2.45, 2.75) is 5.54 Å². The monoisotopic (exact) mass is 478 g/mol. The summed E-state index contributed by atoms with van der Waals surface area (Å²) >= 11 is 12.7. The van der Waals surface area contributed by atoms with Gasteiger partial charge in [0.15, 0.2) is 5.65 Å². The van der Waals surface area contributed by atoms with Crippen LogP contribution in [0.3, 0.4) is 0 Å². The first-order chi connectivity index (χ1) is 16.0. The molecule has 2 aromatic heterocycles. The Balaban J connectivity index is 1.52. The van der Waals surface area contributed by atoms with Crippen LogP contribution in [-0.2, 0) is 4.79 Å². The molecule has 2 aliphatic heterocycles. The number of hydrogen-bond donors (Lipinski definition) is 1. The van der Waals surface area contributed by atoms with Crippen LogP contribution in [0.1, 0.15) is 0 Å². The van der Waals surface area contributed by atoms with Gasteiger partial charge in [-0.15, -0.1) is 0 Å². The van der Waals surface area contributed by atoms with Gasteiger partial charge in [0.25, 0.3) is 0 Å². The molecule has 7 nitrogen and oxygen atoms in total. The van der Waals surface area contributed by atoms with Gasteiger partial charge in [0, 0.05) is 29.9 Å². The second kappa shape index (κ2) is 7.45. The second-order valence-electron chi connectivity index (χ2n) is 8.50. The number of carbonyl (C=O) groups excluding carboxylic acids is 1. The highest BCUT2D eigenvalue weighted by atomic mass is 35.5. The van der Waals surface area contributed by atoms with E-state index in [2.05, 4.69) is 20.1 Å². The number of nitrogens with zero attached hydrogens (tertiary/aromatic N) is 5. The summed E-state index contributed by atoms with van der Waals surface area (Å²) in [7, 11) is 1.97. The van der Waals surface area contributed by atoms with Crippen molar-refractivity contribution >= 4 is 40.6 Å². The van der Waals surface area contributed by atoms with Crippen LogP contribution in [0.2, 0.25) is 10.0 Å². The summed E-state index contributed by atoms with van der Waals surface area (Å²) in [6.07, 6.45) is 1.78. The van der Waals surface area contributed by atoms with Gasteiger partial charge in [0.2, 0.25) is 5.91 Å². The number of amides is 1. The van der Waals surface area contributed by atoms with Crippen molar-refractivity contribution in [1.29, 1.82) is 0 Å². The molecule has 1 spiro atoms. The minimum Gasteiger partial charge on any atom is -0.351 e. The number of halogens is 2. The number of nitrogens with one attached hydrogen (secondary N) is 1. The lowest BCUT2D eigenvalue weighted by Gasteiger charge is -2.49. The van der Waals surface area contributed by atoms with E-state index in [4.69, 9.17) is 28.3 Å². The summed E-state index contributed by atoms with van der Waals surface area (Å²) in [6.45, 7) is 1.75. The van der Waals surface area contributed by atoms with Gasteiger partial charge in [-0.25, -0.2) is 4.98 Å². The Morgan fingerprint density at radius 1 is 1.03 bits per heavy atom.